The van der Waals surface area contributed by atoms with E-state index in [1.807, 2.05) is 0 Å². The minimum Gasteiger partial charge on any atom is -0.286 e. The molecular formula is C2H5O3SSi. The van der Waals surface area contributed by atoms with Gasteiger partial charge in [-0.25, -0.2) is 0 Å². The van der Waals surface area contributed by atoms with Gasteiger partial charge in [-0.3, -0.25) is 4.55 Å². The SMILES string of the molecule is CC([Si])S(=O)(=O)O. The van der Waals surface area contributed by atoms with Gasteiger partial charge in [-0.1, -0.05) is 0 Å². The molecule has 0 saturated heterocycles. The van der Waals surface area contributed by atoms with E-state index < -0.39 is 15.0 Å². The Hall–Kier alpha value is 0.127. The molecular weight excluding hydrogens is 132 g/mol. The van der Waals surface area contributed by atoms with Crippen molar-refractivity contribution in [2.24, 2.45) is 0 Å². The van der Waals surface area contributed by atoms with Gasteiger partial charge in [0.15, 0.2) is 0 Å². The van der Waals surface area contributed by atoms with E-state index in [-0.39, 0.29) is 0 Å². The lowest BCUT2D eigenvalue weighted by Gasteiger charge is -1.94. The van der Waals surface area contributed by atoms with Crippen LogP contribution in [0.15, 0.2) is 0 Å². The Balaban J connectivity index is 4.10. The molecule has 0 amide bonds. The molecule has 0 aliphatic carbocycles. The van der Waals surface area contributed by atoms with Crippen LogP contribution >= 0.6 is 0 Å². The standard InChI is InChI=1S/C2H5O3SSi/c1-2(7)6(3,4)5/h2H,1H3,(H,3,4,5). The molecule has 1 N–H and O–H groups in total. The fourth-order valence-electron chi connectivity index (χ4n) is 0. The summed E-state index contributed by atoms with van der Waals surface area (Å²) in [6.07, 6.45) is 0. The van der Waals surface area contributed by atoms with Gasteiger partial charge in [0, 0.05) is 0 Å². The highest BCUT2D eigenvalue weighted by Gasteiger charge is 2.08. The molecule has 0 saturated carbocycles. The average Bonchev–Trinajstić information content (AvgIpc) is 1.31. The number of rotatable bonds is 1. The molecule has 0 bridgehead atoms. The molecule has 0 aliphatic heterocycles. The lowest BCUT2D eigenvalue weighted by atomic mass is 11.0. The van der Waals surface area contributed by atoms with Crippen LogP contribution in [0.5, 0.6) is 0 Å². The molecule has 41 valence electrons. The van der Waals surface area contributed by atoms with E-state index in [2.05, 4.69) is 10.2 Å². The van der Waals surface area contributed by atoms with E-state index in [9.17, 15) is 8.42 Å². The van der Waals surface area contributed by atoms with Crippen LogP contribution in [0.1, 0.15) is 6.92 Å². The Labute approximate surface area is 45.9 Å². The maximum absolute atomic E-state index is 9.84. The highest BCUT2D eigenvalue weighted by atomic mass is 32.2. The first-order valence-electron chi connectivity index (χ1n) is 1.62. The normalized spacial score (nSPS) is 16.4. The molecule has 3 radical (unpaired) electrons. The van der Waals surface area contributed by atoms with Crippen molar-refractivity contribution in [2.45, 2.75) is 11.8 Å². The predicted molar refractivity (Wildman–Crippen MR) is 26.8 cm³/mol. The van der Waals surface area contributed by atoms with Gasteiger partial charge in [-0.05, 0) is 6.92 Å². The molecule has 0 rings (SSSR count). The van der Waals surface area contributed by atoms with E-state index in [0.29, 0.717) is 0 Å². The minimum absolute atomic E-state index is 0.868. The largest absolute Gasteiger partial charge is 0.286 e. The lowest BCUT2D eigenvalue weighted by molar-refractivity contribution is 0.481. The molecule has 0 heterocycles. The summed E-state index contributed by atoms with van der Waals surface area (Å²) < 4.78 is 27.7. The van der Waals surface area contributed by atoms with Gasteiger partial charge in [0.05, 0.1) is 15.1 Å². The second-order valence-corrected chi connectivity index (χ2v) is 4.18. The summed E-state index contributed by atoms with van der Waals surface area (Å²) in [5, 5.41) is 0. The van der Waals surface area contributed by atoms with Crippen molar-refractivity contribution >= 4 is 20.4 Å². The van der Waals surface area contributed by atoms with Gasteiger partial charge >= 0.3 is 0 Å². The maximum atomic E-state index is 9.84. The fourth-order valence-corrected chi connectivity index (χ4v) is 0. The average molecular weight is 137 g/mol. The van der Waals surface area contributed by atoms with Crippen molar-refractivity contribution in [2.75, 3.05) is 0 Å². The van der Waals surface area contributed by atoms with Crippen molar-refractivity contribution < 1.29 is 13.0 Å². The summed E-state index contributed by atoms with van der Waals surface area (Å²) in [5.41, 5.74) is 0. The summed E-state index contributed by atoms with van der Waals surface area (Å²) in [5.74, 6) is 0. The second kappa shape index (κ2) is 1.93. The van der Waals surface area contributed by atoms with Crippen LogP contribution in [0, 0.1) is 0 Å². The quantitative estimate of drug-likeness (QED) is 0.387. The van der Waals surface area contributed by atoms with Crippen LogP contribution in [0.3, 0.4) is 0 Å². The summed E-state index contributed by atoms with van der Waals surface area (Å²) in [4.78, 5) is -0.868. The van der Waals surface area contributed by atoms with Gasteiger partial charge < -0.3 is 0 Å². The summed E-state index contributed by atoms with van der Waals surface area (Å²) in [7, 11) is -1.12. The van der Waals surface area contributed by atoms with E-state index in [1.165, 1.54) is 6.92 Å². The third-order valence-corrected chi connectivity index (χ3v) is 2.23. The summed E-state index contributed by atoms with van der Waals surface area (Å²) in [6, 6.07) is 0. The van der Waals surface area contributed by atoms with Crippen LogP contribution in [0.25, 0.3) is 0 Å². The lowest BCUT2D eigenvalue weighted by Crippen LogP contribution is -2.15. The van der Waals surface area contributed by atoms with Gasteiger partial charge in [0.1, 0.15) is 0 Å². The molecule has 1 unspecified atom stereocenters. The van der Waals surface area contributed by atoms with Crippen molar-refractivity contribution in [1.82, 2.24) is 0 Å². The molecule has 0 aromatic rings. The Morgan fingerprint density at radius 1 is 1.71 bits per heavy atom. The van der Waals surface area contributed by atoms with Crippen molar-refractivity contribution in [3.05, 3.63) is 0 Å². The summed E-state index contributed by atoms with van der Waals surface area (Å²) in [6.45, 7) is 1.33. The third-order valence-electron chi connectivity index (χ3n) is 0.447. The Morgan fingerprint density at radius 2 is 1.86 bits per heavy atom. The van der Waals surface area contributed by atoms with Crippen molar-refractivity contribution in [3.8, 4) is 0 Å². The van der Waals surface area contributed by atoms with E-state index in [1.54, 1.807) is 0 Å². The van der Waals surface area contributed by atoms with Crippen LogP contribution < -0.4 is 0 Å². The smallest absolute Gasteiger partial charge is 0.263 e. The maximum Gasteiger partial charge on any atom is 0.263 e. The molecule has 3 nitrogen and oxygen atoms in total. The van der Waals surface area contributed by atoms with Crippen LogP contribution in [-0.4, -0.2) is 28.1 Å². The molecule has 0 spiro atoms. The van der Waals surface area contributed by atoms with Crippen LogP contribution in [0.2, 0.25) is 0 Å². The van der Waals surface area contributed by atoms with Crippen molar-refractivity contribution in [3.63, 3.8) is 0 Å². The van der Waals surface area contributed by atoms with Gasteiger partial charge in [0.25, 0.3) is 10.1 Å². The molecule has 5 heteroatoms. The molecule has 7 heavy (non-hydrogen) atoms. The minimum atomic E-state index is -3.83. The first-order chi connectivity index (χ1) is 2.94. The van der Waals surface area contributed by atoms with Gasteiger partial charge in [-0.15, -0.1) is 0 Å². The van der Waals surface area contributed by atoms with E-state index in [4.69, 9.17) is 4.55 Å². The molecule has 0 aromatic heterocycles. The van der Waals surface area contributed by atoms with Gasteiger partial charge in [0.2, 0.25) is 0 Å². The monoisotopic (exact) mass is 137 g/mol. The Kier molecular flexibility index (Phi) is 1.97. The molecule has 0 aliphatic rings. The van der Waals surface area contributed by atoms with E-state index in [0.717, 1.165) is 0 Å². The summed E-state index contributed by atoms with van der Waals surface area (Å²) >= 11 is 0. The van der Waals surface area contributed by atoms with Crippen LogP contribution in [-0.2, 0) is 10.1 Å². The zero-order chi connectivity index (χ0) is 6.08. The van der Waals surface area contributed by atoms with Crippen molar-refractivity contribution in [1.29, 1.82) is 0 Å². The van der Waals surface area contributed by atoms with Gasteiger partial charge in [-0.2, -0.15) is 8.42 Å². The Morgan fingerprint density at radius 3 is 1.86 bits per heavy atom. The zero-order valence-corrected chi connectivity index (χ0v) is 5.57. The first-order valence-corrected chi connectivity index (χ1v) is 3.70. The molecule has 0 aromatic carbocycles. The highest BCUT2D eigenvalue weighted by molar-refractivity contribution is 7.87. The molecule has 0 fully saturated rings. The first kappa shape index (κ1) is 7.13. The highest BCUT2D eigenvalue weighted by Crippen LogP contribution is 1.87. The molecule has 1 atom stereocenters. The third kappa shape index (κ3) is 2.78. The van der Waals surface area contributed by atoms with E-state index >= 15 is 0 Å². The number of hydrogen-bond donors (Lipinski definition) is 1. The topological polar surface area (TPSA) is 54.4 Å². The second-order valence-electron chi connectivity index (χ2n) is 1.16. The zero-order valence-electron chi connectivity index (χ0n) is 3.75. The number of hydrogen-bond acceptors (Lipinski definition) is 2. The Bertz CT molecular complexity index is 135. The fraction of sp³-hybridized carbons (Fsp3) is 1.00. The van der Waals surface area contributed by atoms with Crippen LogP contribution in [0.4, 0.5) is 0 Å². The predicted octanol–water partition coefficient (Wildman–Crippen LogP) is -0.611.